The van der Waals surface area contributed by atoms with Crippen molar-refractivity contribution in [3.63, 3.8) is 0 Å². The number of amides is 2. The number of H-pyrrole nitrogens is 1. The fourth-order valence-electron chi connectivity index (χ4n) is 5.16. The topological polar surface area (TPSA) is 79.1 Å². The van der Waals surface area contributed by atoms with E-state index < -0.39 is 5.91 Å². The predicted molar refractivity (Wildman–Crippen MR) is 134 cm³/mol. The summed E-state index contributed by atoms with van der Waals surface area (Å²) in [7, 11) is 0. The number of carbonyl (C=O) groups is 2. The lowest BCUT2D eigenvalue weighted by Crippen LogP contribution is -2.45. The molecule has 1 aromatic carbocycles. The highest BCUT2D eigenvalue weighted by molar-refractivity contribution is 6.44. The molecule has 180 valence electrons. The standard InChI is InChI=1S/C27H27ClN4O3/c1-3-18-8-7-15-30(16-18)24-23(25(33)31(27(24)35)20-9-5-4-6-10-20)22-17(2)29-32(26(22)34)21-13-11-19(28)12-14-21/h7-8,11-16,20H,3-6,9-10H2,1-2H3/p+1. The highest BCUT2D eigenvalue weighted by Gasteiger charge is 2.49. The molecule has 0 spiro atoms. The van der Waals surface area contributed by atoms with Gasteiger partial charge in [-0.2, -0.15) is 4.57 Å². The lowest BCUT2D eigenvalue weighted by atomic mass is 9.94. The molecule has 5 rings (SSSR count). The van der Waals surface area contributed by atoms with E-state index in [9.17, 15) is 14.4 Å². The van der Waals surface area contributed by atoms with Crippen LogP contribution in [0.2, 0.25) is 5.02 Å². The Morgan fingerprint density at radius 1 is 1.03 bits per heavy atom. The Hall–Kier alpha value is -3.45. The van der Waals surface area contributed by atoms with Crippen molar-refractivity contribution < 1.29 is 14.2 Å². The third kappa shape index (κ3) is 4.04. The van der Waals surface area contributed by atoms with Crippen LogP contribution in [0.25, 0.3) is 17.0 Å². The quantitative estimate of drug-likeness (QED) is 0.432. The number of rotatable bonds is 5. The van der Waals surface area contributed by atoms with Gasteiger partial charge in [-0.05, 0) is 56.5 Å². The van der Waals surface area contributed by atoms with Crippen LogP contribution in [0.4, 0.5) is 0 Å². The smallest absolute Gasteiger partial charge is 0.295 e. The third-order valence-corrected chi connectivity index (χ3v) is 7.22. The average molecular weight is 492 g/mol. The van der Waals surface area contributed by atoms with E-state index in [-0.39, 0.29) is 34.3 Å². The molecule has 1 N–H and O–H groups in total. The molecule has 1 saturated carbocycles. The van der Waals surface area contributed by atoms with Gasteiger partial charge in [-0.15, -0.1) is 0 Å². The molecule has 3 heterocycles. The molecular weight excluding hydrogens is 464 g/mol. The first-order valence-electron chi connectivity index (χ1n) is 12.1. The SMILES string of the molecule is CCc1ccc[n+](C2=C(c3c(C)[nH]n(-c4ccc(Cl)cc4)c3=O)C(=O)N(C3CCCCC3)C2=O)c1. The van der Waals surface area contributed by atoms with Gasteiger partial charge < -0.3 is 0 Å². The number of carbonyl (C=O) groups excluding carboxylic acids is 2. The number of aromatic nitrogens is 3. The number of hydrogen-bond acceptors (Lipinski definition) is 3. The number of pyridine rings is 1. The van der Waals surface area contributed by atoms with Crippen molar-refractivity contribution >= 4 is 34.7 Å². The summed E-state index contributed by atoms with van der Waals surface area (Å²) in [4.78, 5) is 42.8. The molecule has 1 fully saturated rings. The molecular formula is C27H28ClN4O3+. The summed E-state index contributed by atoms with van der Waals surface area (Å²) in [6.45, 7) is 3.79. The molecule has 2 aromatic heterocycles. The van der Waals surface area contributed by atoms with E-state index in [2.05, 4.69) is 5.10 Å². The zero-order valence-electron chi connectivity index (χ0n) is 19.9. The third-order valence-electron chi connectivity index (χ3n) is 6.97. The molecule has 0 bridgehead atoms. The van der Waals surface area contributed by atoms with Crippen molar-refractivity contribution in [2.45, 2.75) is 58.4 Å². The second-order valence-electron chi connectivity index (χ2n) is 9.20. The number of nitrogens with zero attached hydrogens (tertiary/aromatic N) is 3. The first kappa shape index (κ1) is 23.3. The zero-order chi connectivity index (χ0) is 24.7. The lowest BCUT2D eigenvalue weighted by molar-refractivity contribution is -0.577. The van der Waals surface area contributed by atoms with Gasteiger partial charge in [-0.3, -0.25) is 24.4 Å². The maximum absolute atomic E-state index is 13.9. The van der Waals surface area contributed by atoms with E-state index in [4.69, 9.17) is 11.6 Å². The van der Waals surface area contributed by atoms with Gasteiger partial charge in [0.1, 0.15) is 5.57 Å². The Balaban J connectivity index is 1.71. The molecule has 8 heteroatoms. The fraction of sp³-hybridized carbons (Fsp3) is 0.333. The molecule has 0 saturated heterocycles. The largest absolute Gasteiger partial charge is 0.327 e. The van der Waals surface area contributed by atoms with Crippen molar-refractivity contribution in [3.05, 3.63) is 81.0 Å². The Labute approximate surface area is 208 Å². The molecule has 0 unspecified atom stereocenters. The van der Waals surface area contributed by atoms with Crippen LogP contribution < -0.4 is 10.1 Å². The van der Waals surface area contributed by atoms with Crippen molar-refractivity contribution in [3.8, 4) is 5.69 Å². The van der Waals surface area contributed by atoms with Crippen LogP contribution in [-0.4, -0.2) is 32.5 Å². The molecule has 2 aliphatic rings. The van der Waals surface area contributed by atoms with Crippen LogP contribution >= 0.6 is 11.6 Å². The monoisotopic (exact) mass is 491 g/mol. The van der Waals surface area contributed by atoms with Crippen molar-refractivity contribution in [2.24, 2.45) is 0 Å². The van der Waals surface area contributed by atoms with E-state index in [1.807, 2.05) is 25.3 Å². The van der Waals surface area contributed by atoms with Crippen molar-refractivity contribution in [1.29, 1.82) is 0 Å². The predicted octanol–water partition coefficient (Wildman–Crippen LogP) is 4.05. The highest BCUT2D eigenvalue weighted by atomic mass is 35.5. The Morgan fingerprint density at radius 3 is 2.43 bits per heavy atom. The number of hydrogen-bond donors (Lipinski definition) is 1. The summed E-state index contributed by atoms with van der Waals surface area (Å²) in [5, 5.41) is 3.64. The second kappa shape index (κ2) is 9.30. The maximum Gasteiger partial charge on any atom is 0.327 e. The average Bonchev–Trinajstić information content (AvgIpc) is 3.30. The summed E-state index contributed by atoms with van der Waals surface area (Å²) in [5.74, 6) is -0.734. The molecule has 2 amide bonds. The van der Waals surface area contributed by atoms with Crippen LogP contribution in [0.15, 0.2) is 53.6 Å². The van der Waals surface area contributed by atoms with Gasteiger partial charge in [0.05, 0.1) is 11.3 Å². The van der Waals surface area contributed by atoms with Gasteiger partial charge in [0.15, 0.2) is 12.4 Å². The van der Waals surface area contributed by atoms with Gasteiger partial charge >= 0.3 is 5.91 Å². The second-order valence-corrected chi connectivity index (χ2v) is 9.63. The van der Waals surface area contributed by atoms with Crippen LogP contribution in [0, 0.1) is 6.92 Å². The number of aromatic amines is 1. The van der Waals surface area contributed by atoms with E-state index >= 15 is 0 Å². The van der Waals surface area contributed by atoms with E-state index in [0.717, 1.165) is 44.1 Å². The van der Waals surface area contributed by atoms with Gasteiger partial charge in [-0.1, -0.05) is 37.8 Å². The van der Waals surface area contributed by atoms with Crippen LogP contribution in [0.1, 0.15) is 55.8 Å². The Kier molecular flexibility index (Phi) is 6.19. The molecule has 1 aliphatic heterocycles. The summed E-state index contributed by atoms with van der Waals surface area (Å²) < 4.78 is 3.09. The number of halogens is 1. The van der Waals surface area contributed by atoms with Gasteiger partial charge in [-0.25, -0.2) is 4.68 Å². The summed E-state index contributed by atoms with van der Waals surface area (Å²) in [6, 6.07) is 10.6. The number of aryl methyl sites for hydroxylation is 2. The summed E-state index contributed by atoms with van der Waals surface area (Å²) in [5.41, 5.74) is 2.38. The van der Waals surface area contributed by atoms with E-state index in [1.54, 1.807) is 42.0 Å². The minimum atomic E-state index is -0.395. The minimum absolute atomic E-state index is 0.149. The number of benzene rings is 1. The molecule has 35 heavy (non-hydrogen) atoms. The maximum atomic E-state index is 13.9. The highest BCUT2D eigenvalue weighted by Crippen LogP contribution is 2.34. The molecule has 0 atom stereocenters. The van der Waals surface area contributed by atoms with E-state index in [0.29, 0.717) is 16.4 Å². The Bertz CT molecular complexity index is 1390. The zero-order valence-corrected chi connectivity index (χ0v) is 20.6. The summed E-state index contributed by atoms with van der Waals surface area (Å²) in [6.07, 6.45) is 9.07. The first-order chi connectivity index (χ1) is 16.9. The van der Waals surface area contributed by atoms with Crippen LogP contribution in [-0.2, 0) is 16.0 Å². The fourth-order valence-corrected chi connectivity index (χ4v) is 5.28. The molecule has 3 aromatic rings. The van der Waals surface area contributed by atoms with Crippen LogP contribution in [0.5, 0.6) is 0 Å². The minimum Gasteiger partial charge on any atom is -0.295 e. The van der Waals surface area contributed by atoms with Crippen molar-refractivity contribution in [1.82, 2.24) is 14.7 Å². The number of nitrogens with one attached hydrogen (secondary N) is 1. The number of imide groups is 1. The van der Waals surface area contributed by atoms with Gasteiger partial charge in [0, 0.05) is 28.4 Å². The normalized spacial score (nSPS) is 17.1. The summed E-state index contributed by atoms with van der Waals surface area (Å²) >= 11 is 6.02. The van der Waals surface area contributed by atoms with Crippen LogP contribution in [0.3, 0.4) is 0 Å². The van der Waals surface area contributed by atoms with Gasteiger partial charge in [0.25, 0.3) is 17.2 Å². The molecule has 1 aliphatic carbocycles. The molecule has 0 radical (unpaired) electrons. The molecule has 7 nitrogen and oxygen atoms in total. The Morgan fingerprint density at radius 2 is 1.74 bits per heavy atom. The lowest BCUT2D eigenvalue weighted by Gasteiger charge is -2.29. The first-order valence-corrected chi connectivity index (χ1v) is 12.5. The van der Waals surface area contributed by atoms with Gasteiger partial charge in [0.2, 0.25) is 0 Å². The van der Waals surface area contributed by atoms with Crippen molar-refractivity contribution in [2.75, 3.05) is 0 Å². The van der Waals surface area contributed by atoms with E-state index in [1.165, 1.54) is 9.58 Å².